The third-order valence-electron chi connectivity index (χ3n) is 5.10. The largest absolute Gasteiger partial charge is 0.496 e. The predicted molar refractivity (Wildman–Crippen MR) is 102 cm³/mol. The average molecular weight is 366 g/mol. The standard InChI is InChI=1S/C20H22N4O3/c1-27-17-9-3-2-6-14(17)12-22-18(25)13-24-15-7-4-10-21-19(15)23-11-5-8-16(23)20(24)26/h2-4,6-7,9-10,16H,5,8,11-13H2,1H3,(H,22,25)/t16-/m0/s1. The molecule has 0 unspecified atom stereocenters. The number of hydrogen-bond acceptors (Lipinski definition) is 5. The van der Waals surface area contributed by atoms with Crippen LogP contribution in [0, 0.1) is 0 Å². The first-order valence-electron chi connectivity index (χ1n) is 9.10. The Hall–Kier alpha value is -3.09. The molecule has 0 spiro atoms. The maximum absolute atomic E-state index is 12.9. The zero-order chi connectivity index (χ0) is 18.8. The van der Waals surface area contributed by atoms with Gasteiger partial charge in [-0.05, 0) is 31.0 Å². The molecule has 1 fully saturated rings. The average Bonchev–Trinajstić information content (AvgIpc) is 3.20. The van der Waals surface area contributed by atoms with E-state index in [1.807, 2.05) is 30.3 Å². The van der Waals surface area contributed by atoms with Crippen LogP contribution >= 0.6 is 0 Å². The molecule has 140 valence electrons. The fourth-order valence-corrected chi connectivity index (χ4v) is 3.80. The van der Waals surface area contributed by atoms with Gasteiger partial charge in [0, 0.05) is 24.8 Å². The number of nitrogens with one attached hydrogen (secondary N) is 1. The van der Waals surface area contributed by atoms with Crippen LogP contribution in [0.3, 0.4) is 0 Å². The Labute approximate surface area is 157 Å². The van der Waals surface area contributed by atoms with Crippen molar-refractivity contribution in [1.29, 1.82) is 0 Å². The molecule has 1 aromatic heterocycles. The normalized spacial score (nSPS) is 18.1. The third-order valence-corrected chi connectivity index (χ3v) is 5.10. The predicted octanol–water partition coefficient (Wildman–Crippen LogP) is 1.72. The Morgan fingerprint density at radius 1 is 1.30 bits per heavy atom. The minimum atomic E-state index is -0.214. The van der Waals surface area contributed by atoms with E-state index in [0.29, 0.717) is 12.2 Å². The summed E-state index contributed by atoms with van der Waals surface area (Å²) in [4.78, 5) is 33.6. The molecule has 2 amide bonds. The fourth-order valence-electron chi connectivity index (χ4n) is 3.80. The highest BCUT2D eigenvalue weighted by molar-refractivity contribution is 6.08. The van der Waals surface area contributed by atoms with Gasteiger partial charge >= 0.3 is 0 Å². The van der Waals surface area contributed by atoms with Crippen molar-refractivity contribution in [2.45, 2.75) is 25.4 Å². The first-order chi connectivity index (χ1) is 13.2. The second-order valence-corrected chi connectivity index (χ2v) is 6.71. The summed E-state index contributed by atoms with van der Waals surface area (Å²) in [5, 5.41) is 2.89. The van der Waals surface area contributed by atoms with E-state index >= 15 is 0 Å². The van der Waals surface area contributed by atoms with E-state index in [0.717, 1.165) is 36.5 Å². The number of benzene rings is 1. The maximum atomic E-state index is 12.9. The molecule has 4 rings (SSSR count). The molecule has 7 nitrogen and oxygen atoms in total. The molecule has 1 atom stereocenters. The summed E-state index contributed by atoms with van der Waals surface area (Å²) >= 11 is 0. The maximum Gasteiger partial charge on any atom is 0.250 e. The number of anilines is 2. The van der Waals surface area contributed by atoms with Gasteiger partial charge in [0.2, 0.25) is 11.8 Å². The summed E-state index contributed by atoms with van der Waals surface area (Å²) in [7, 11) is 1.60. The van der Waals surface area contributed by atoms with Crippen LogP contribution in [-0.2, 0) is 16.1 Å². The number of pyridine rings is 1. The monoisotopic (exact) mass is 366 g/mol. The van der Waals surface area contributed by atoms with Crippen molar-refractivity contribution >= 4 is 23.3 Å². The number of ether oxygens (including phenoxy) is 1. The van der Waals surface area contributed by atoms with Gasteiger partial charge in [0.25, 0.3) is 0 Å². The van der Waals surface area contributed by atoms with E-state index in [1.165, 1.54) is 0 Å². The van der Waals surface area contributed by atoms with Gasteiger partial charge in [0.1, 0.15) is 18.3 Å². The summed E-state index contributed by atoms with van der Waals surface area (Å²) in [6, 6.07) is 11.0. The number of fused-ring (bicyclic) bond motifs is 3. The van der Waals surface area contributed by atoms with Gasteiger partial charge in [-0.15, -0.1) is 0 Å². The quantitative estimate of drug-likeness (QED) is 0.872. The zero-order valence-corrected chi connectivity index (χ0v) is 15.2. The van der Waals surface area contributed by atoms with Crippen LogP contribution < -0.4 is 19.9 Å². The number of para-hydroxylation sites is 1. The van der Waals surface area contributed by atoms with Gasteiger partial charge in [0.05, 0.1) is 12.8 Å². The highest BCUT2D eigenvalue weighted by Gasteiger charge is 2.41. The molecule has 1 saturated heterocycles. The van der Waals surface area contributed by atoms with Crippen LogP contribution in [-0.4, -0.2) is 43.0 Å². The van der Waals surface area contributed by atoms with Crippen LogP contribution in [0.1, 0.15) is 18.4 Å². The van der Waals surface area contributed by atoms with Gasteiger partial charge in [-0.1, -0.05) is 18.2 Å². The van der Waals surface area contributed by atoms with Gasteiger partial charge in [-0.3, -0.25) is 14.5 Å². The van der Waals surface area contributed by atoms with Gasteiger partial charge < -0.3 is 15.0 Å². The molecule has 3 heterocycles. The van der Waals surface area contributed by atoms with E-state index in [9.17, 15) is 9.59 Å². The smallest absolute Gasteiger partial charge is 0.250 e. The number of methoxy groups -OCH3 is 1. The van der Waals surface area contributed by atoms with Crippen molar-refractivity contribution in [2.24, 2.45) is 0 Å². The van der Waals surface area contributed by atoms with Crippen LogP contribution in [0.2, 0.25) is 0 Å². The van der Waals surface area contributed by atoms with Crippen molar-refractivity contribution < 1.29 is 14.3 Å². The van der Waals surface area contributed by atoms with E-state index in [1.54, 1.807) is 24.3 Å². The summed E-state index contributed by atoms with van der Waals surface area (Å²) in [6.45, 7) is 1.16. The Balaban J connectivity index is 1.49. The van der Waals surface area contributed by atoms with Crippen molar-refractivity contribution in [3.63, 3.8) is 0 Å². The topological polar surface area (TPSA) is 74.8 Å². The van der Waals surface area contributed by atoms with E-state index in [-0.39, 0.29) is 24.4 Å². The minimum absolute atomic E-state index is 0.0168. The van der Waals surface area contributed by atoms with Crippen LogP contribution in [0.15, 0.2) is 42.6 Å². The Kier molecular flexibility index (Phi) is 4.66. The van der Waals surface area contributed by atoms with E-state index in [4.69, 9.17) is 4.74 Å². The van der Waals surface area contributed by atoms with Gasteiger partial charge in [0.15, 0.2) is 5.82 Å². The number of aromatic nitrogens is 1. The number of nitrogens with zero attached hydrogens (tertiary/aromatic N) is 3. The minimum Gasteiger partial charge on any atom is -0.496 e. The number of carbonyl (C=O) groups is 2. The zero-order valence-electron chi connectivity index (χ0n) is 15.2. The van der Waals surface area contributed by atoms with Crippen LogP contribution in [0.4, 0.5) is 11.5 Å². The second kappa shape index (κ2) is 7.26. The molecule has 1 aromatic carbocycles. The molecule has 2 aliphatic rings. The Morgan fingerprint density at radius 3 is 3.00 bits per heavy atom. The molecule has 0 radical (unpaired) electrons. The third kappa shape index (κ3) is 3.20. The molecule has 0 saturated carbocycles. The molecular weight excluding hydrogens is 344 g/mol. The summed E-state index contributed by atoms with van der Waals surface area (Å²) in [6.07, 6.45) is 3.48. The number of carbonyl (C=O) groups excluding carboxylic acids is 2. The SMILES string of the molecule is COc1ccccc1CNC(=O)CN1C(=O)[C@@H]2CCCN2c2ncccc21. The lowest BCUT2D eigenvalue weighted by molar-refractivity contribution is -0.124. The van der Waals surface area contributed by atoms with Crippen molar-refractivity contribution in [1.82, 2.24) is 10.3 Å². The van der Waals surface area contributed by atoms with Crippen LogP contribution in [0.5, 0.6) is 5.75 Å². The summed E-state index contributed by atoms with van der Waals surface area (Å²) in [5.74, 6) is 1.27. The fraction of sp³-hybridized carbons (Fsp3) is 0.350. The lowest BCUT2D eigenvalue weighted by Gasteiger charge is -2.38. The van der Waals surface area contributed by atoms with Crippen molar-refractivity contribution in [3.05, 3.63) is 48.2 Å². The number of hydrogen-bond donors (Lipinski definition) is 1. The molecule has 27 heavy (non-hydrogen) atoms. The molecule has 0 aliphatic carbocycles. The van der Waals surface area contributed by atoms with Gasteiger partial charge in [-0.25, -0.2) is 4.98 Å². The highest BCUT2D eigenvalue weighted by Crippen LogP contribution is 2.37. The molecule has 7 heteroatoms. The lowest BCUT2D eigenvalue weighted by atomic mass is 10.1. The van der Waals surface area contributed by atoms with Gasteiger partial charge in [-0.2, -0.15) is 0 Å². The lowest BCUT2D eigenvalue weighted by Crippen LogP contribution is -2.53. The highest BCUT2D eigenvalue weighted by atomic mass is 16.5. The molecule has 1 N–H and O–H groups in total. The van der Waals surface area contributed by atoms with Crippen molar-refractivity contribution in [2.75, 3.05) is 30.0 Å². The molecule has 0 bridgehead atoms. The summed E-state index contributed by atoms with van der Waals surface area (Å²) < 4.78 is 5.31. The number of rotatable bonds is 5. The van der Waals surface area contributed by atoms with Crippen molar-refractivity contribution in [3.8, 4) is 5.75 Å². The molecule has 2 aromatic rings. The Bertz CT molecular complexity index is 870. The molecule has 2 aliphatic heterocycles. The Morgan fingerprint density at radius 2 is 2.15 bits per heavy atom. The van der Waals surface area contributed by atoms with Crippen LogP contribution in [0.25, 0.3) is 0 Å². The van der Waals surface area contributed by atoms with E-state index in [2.05, 4.69) is 15.2 Å². The second-order valence-electron chi connectivity index (χ2n) is 6.71. The van der Waals surface area contributed by atoms with E-state index < -0.39 is 0 Å². The number of amides is 2. The summed E-state index contributed by atoms with van der Waals surface area (Å²) in [5.41, 5.74) is 1.59. The first-order valence-corrected chi connectivity index (χ1v) is 9.10. The first kappa shape index (κ1) is 17.3. The molecular formula is C20H22N4O3.